The maximum Gasteiger partial charge on any atom is 0.460 e. The van der Waals surface area contributed by atoms with E-state index < -0.39 is 71.2 Å². The van der Waals surface area contributed by atoms with Crippen molar-refractivity contribution in [3.63, 3.8) is 0 Å². The summed E-state index contributed by atoms with van der Waals surface area (Å²) in [6, 6.07) is 0. The summed E-state index contributed by atoms with van der Waals surface area (Å²) in [7, 11) is 0. The van der Waals surface area contributed by atoms with Crippen molar-refractivity contribution in [2.45, 2.75) is 61.5 Å². The number of alkyl halides is 9. The molecule has 2 aliphatic rings. The maximum absolute atomic E-state index is 13.8. The van der Waals surface area contributed by atoms with Crippen LogP contribution in [0, 0.1) is 5.41 Å². The predicted molar refractivity (Wildman–Crippen MR) is 102 cm³/mol. The maximum atomic E-state index is 13.8. The van der Waals surface area contributed by atoms with E-state index in [1.54, 1.807) is 0 Å². The Bertz CT molecular complexity index is 748. The summed E-state index contributed by atoms with van der Waals surface area (Å²) in [4.78, 5) is 24.4. The van der Waals surface area contributed by atoms with Gasteiger partial charge in [0.05, 0.1) is 31.7 Å². The van der Waals surface area contributed by atoms with E-state index in [2.05, 4.69) is 0 Å². The fourth-order valence-corrected chi connectivity index (χ4v) is 3.88. The molecule has 2 fully saturated rings. The molecule has 16 heteroatoms. The highest BCUT2D eigenvalue weighted by molar-refractivity contribution is 8.00. The molecule has 0 bridgehead atoms. The van der Waals surface area contributed by atoms with Crippen LogP contribution in [0.5, 0.6) is 0 Å². The van der Waals surface area contributed by atoms with Crippen molar-refractivity contribution in [3.8, 4) is 0 Å². The number of hydrogen-bond acceptors (Lipinski definition) is 7. The molecular weight excluding hydrogens is 527 g/mol. The van der Waals surface area contributed by atoms with Gasteiger partial charge in [0.15, 0.2) is 0 Å². The Labute approximate surface area is 198 Å². The second kappa shape index (κ2) is 10.9. The van der Waals surface area contributed by atoms with E-state index in [0.29, 0.717) is 19.6 Å². The molecular formula is C19H23F9O6S. The number of hydrogen-bond donors (Lipinski definition) is 0. The first-order chi connectivity index (χ1) is 16.0. The van der Waals surface area contributed by atoms with Crippen molar-refractivity contribution >= 4 is 23.7 Å². The van der Waals surface area contributed by atoms with Gasteiger partial charge < -0.3 is 18.9 Å². The molecule has 0 radical (unpaired) electrons. The number of carbonyl (C=O) groups excluding carboxylic acids is 2. The summed E-state index contributed by atoms with van der Waals surface area (Å²) in [6.07, 6.45) is -9.61. The molecule has 204 valence electrons. The zero-order valence-corrected chi connectivity index (χ0v) is 19.1. The monoisotopic (exact) mass is 550 g/mol. The lowest BCUT2D eigenvalue weighted by atomic mass is 9.84. The van der Waals surface area contributed by atoms with Crippen LogP contribution < -0.4 is 0 Å². The lowest BCUT2D eigenvalue weighted by Gasteiger charge is -2.40. The molecule has 0 aliphatic carbocycles. The molecule has 0 aromatic rings. The van der Waals surface area contributed by atoms with Crippen LogP contribution in [-0.4, -0.2) is 86.0 Å². The van der Waals surface area contributed by atoms with Crippen molar-refractivity contribution in [1.29, 1.82) is 0 Å². The summed E-state index contributed by atoms with van der Waals surface area (Å²) < 4.78 is 137. The number of thioether (sulfide) groups is 1. The molecule has 0 aromatic carbocycles. The Kier molecular flexibility index (Phi) is 9.29. The highest BCUT2D eigenvalue weighted by Crippen LogP contribution is 2.54. The van der Waals surface area contributed by atoms with Gasteiger partial charge in [-0.1, -0.05) is 6.92 Å². The highest BCUT2D eigenvalue weighted by Gasteiger charge is 2.81. The minimum atomic E-state index is -7.00. The molecule has 0 saturated carbocycles. The average Bonchev–Trinajstić information content (AvgIpc) is 3.54. The topological polar surface area (TPSA) is 74.4 Å². The second-order valence-electron chi connectivity index (χ2n) is 8.26. The number of ether oxygens (including phenoxy) is 4. The van der Waals surface area contributed by atoms with Gasteiger partial charge in [-0.2, -0.15) is 39.5 Å². The van der Waals surface area contributed by atoms with Crippen molar-refractivity contribution in [1.82, 2.24) is 0 Å². The summed E-state index contributed by atoms with van der Waals surface area (Å²) in [5, 5.41) is -1.57. The number of rotatable bonds is 14. The van der Waals surface area contributed by atoms with Gasteiger partial charge in [0.2, 0.25) is 0 Å². The van der Waals surface area contributed by atoms with E-state index in [1.807, 2.05) is 6.92 Å². The number of epoxide rings is 1. The third-order valence-electron chi connectivity index (χ3n) is 5.48. The van der Waals surface area contributed by atoms with Crippen molar-refractivity contribution in [3.05, 3.63) is 0 Å². The van der Waals surface area contributed by atoms with E-state index in [1.165, 1.54) is 0 Å². The Morgan fingerprint density at radius 2 is 1.63 bits per heavy atom. The Morgan fingerprint density at radius 1 is 1.03 bits per heavy atom. The average molecular weight is 550 g/mol. The first-order valence-electron chi connectivity index (χ1n) is 10.3. The van der Waals surface area contributed by atoms with E-state index in [9.17, 15) is 49.1 Å². The van der Waals surface area contributed by atoms with Gasteiger partial charge in [-0.05, 0) is 6.42 Å². The number of halogens is 9. The standard InChI is InChI=1S/C19H23F9O6S/c1-2-15(8-31-9-15)10-34-13(29)5-12(14(30)33-7-11-6-32-11)35-4-3-16(20,21)17(22,23)18(24,25)19(26,27)28/h11-12H,2-10H2,1H3. The molecule has 0 aromatic heterocycles. The zero-order chi connectivity index (χ0) is 26.7. The summed E-state index contributed by atoms with van der Waals surface area (Å²) >= 11 is 0.170. The van der Waals surface area contributed by atoms with E-state index in [-0.39, 0.29) is 31.6 Å². The van der Waals surface area contributed by atoms with Crippen LogP contribution in [0.4, 0.5) is 39.5 Å². The molecule has 2 aliphatic heterocycles. The minimum absolute atomic E-state index is 0.0680. The SMILES string of the molecule is CCC1(COC(=O)CC(SCCC(F)(F)C(F)(F)C(F)(F)C(F)(F)F)C(=O)OCC2CO2)COC1. The Balaban J connectivity index is 1.98. The summed E-state index contributed by atoms with van der Waals surface area (Å²) in [6.45, 7) is 2.44. The Morgan fingerprint density at radius 3 is 2.09 bits per heavy atom. The molecule has 2 heterocycles. The lowest BCUT2D eigenvalue weighted by Crippen LogP contribution is -2.61. The number of esters is 2. The third kappa shape index (κ3) is 7.08. The molecule has 0 N–H and O–H groups in total. The smallest absolute Gasteiger partial charge is 0.460 e. The van der Waals surface area contributed by atoms with Crippen LogP contribution in [0.3, 0.4) is 0 Å². The molecule has 6 nitrogen and oxygen atoms in total. The van der Waals surface area contributed by atoms with Gasteiger partial charge in [0.25, 0.3) is 0 Å². The highest BCUT2D eigenvalue weighted by atomic mass is 32.2. The fourth-order valence-electron chi connectivity index (χ4n) is 2.76. The summed E-state index contributed by atoms with van der Waals surface area (Å²) in [5.41, 5.74) is -0.417. The van der Waals surface area contributed by atoms with Gasteiger partial charge in [-0.25, -0.2) is 0 Å². The van der Waals surface area contributed by atoms with E-state index >= 15 is 0 Å². The molecule has 2 atom stereocenters. The molecule has 2 saturated heterocycles. The molecule has 35 heavy (non-hydrogen) atoms. The first kappa shape index (κ1) is 29.8. The largest absolute Gasteiger partial charge is 0.465 e. The quantitative estimate of drug-likeness (QED) is 0.182. The van der Waals surface area contributed by atoms with Crippen LogP contribution >= 0.6 is 11.8 Å². The van der Waals surface area contributed by atoms with E-state index in [4.69, 9.17) is 18.9 Å². The Hall–Kier alpha value is -1.42. The van der Waals surface area contributed by atoms with Gasteiger partial charge >= 0.3 is 35.9 Å². The van der Waals surface area contributed by atoms with Crippen LogP contribution in [-0.2, 0) is 28.5 Å². The summed E-state index contributed by atoms with van der Waals surface area (Å²) in [5.74, 6) is -22.8. The first-order valence-corrected chi connectivity index (χ1v) is 11.4. The molecule has 2 unspecified atom stereocenters. The van der Waals surface area contributed by atoms with Gasteiger partial charge in [0, 0.05) is 12.2 Å². The van der Waals surface area contributed by atoms with Crippen molar-refractivity contribution in [2.75, 3.05) is 38.8 Å². The molecule has 2 rings (SSSR count). The van der Waals surface area contributed by atoms with Crippen molar-refractivity contribution < 1.29 is 68.1 Å². The fraction of sp³-hybridized carbons (Fsp3) is 0.895. The normalized spacial score (nSPS) is 21.1. The lowest BCUT2D eigenvalue weighted by molar-refractivity contribution is -0.396. The van der Waals surface area contributed by atoms with Gasteiger partial charge in [0.1, 0.15) is 24.6 Å². The van der Waals surface area contributed by atoms with Crippen LogP contribution in [0.15, 0.2) is 0 Å². The number of carbonyl (C=O) groups is 2. The van der Waals surface area contributed by atoms with Crippen LogP contribution in [0.25, 0.3) is 0 Å². The van der Waals surface area contributed by atoms with Gasteiger partial charge in [-0.3, -0.25) is 9.59 Å². The molecule has 0 amide bonds. The van der Waals surface area contributed by atoms with Crippen LogP contribution in [0.1, 0.15) is 26.2 Å². The minimum Gasteiger partial charge on any atom is -0.465 e. The molecule has 0 spiro atoms. The van der Waals surface area contributed by atoms with Crippen molar-refractivity contribution in [2.24, 2.45) is 5.41 Å². The zero-order valence-electron chi connectivity index (χ0n) is 18.3. The third-order valence-corrected chi connectivity index (χ3v) is 6.68. The predicted octanol–water partition coefficient (Wildman–Crippen LogP) is 4.25. The van der Waals surface area contributed by atoms with E-state index in [0.717, 1.165) is 0 Å². The van der Waals surface area contributed by atoms with Gasteiger partial charge in [-0.15, -0.1) is 11.8 Å². The second-order valence-corrected chi connectivity index (χ2v) is 9.57. The van der Waals surface area contributed by atoms with Crippen LogP contribution in [0.2, 0.25) is 0 Å².